The third-order valence-corrected chi connectivity index (χ3v) is 3.15. The highest BCUT2D eigenvalue weighted by atomic mass is 16.7. The maximum Gasteiger partial charge on any atom is 0.231 e. The van der Waals surface area contributed by atoms with Crippen LogP contribution in [0.4, 0.5) is 0 Å². The van der Waals surface area contributed by atoms with Gasteiger partial charge in [-0.15, -0.1) is 0 Å². The van der Waals surface area contributed by atoms with Crippen LogP contribution in [0.15, 0.2) is 18.2 Å². The number of fused-ring (bicyclic) bond motifs is 1. The summed E-state index contributed by atoms with van der Waals surface area (Å²) in [6.45, 7) is 2.27. The number of nitrogens with zero attached hydrogens (tertiary/aromatic N) is 1. The van der Waals surface area contributed by atoms with E-state index in [4.69, 9.17) is 14.2 Å². The lowest BCUT2D eigenvalue weighted by atomic mass is 10.3. The number of likely N-dealkylation sites (tertiary alicyclic amines) is 1. The second kappa shape index (κ2) is 4.76. The molecule has 2 aliphatic rings. The van der Waals surface area contributed by atoms with Gasteiger partial charge in [0.15, 0.2) is 11.5 Å². The van der Waals surface area contributed by atoms with E-state index in [-0.39, 0.29) is 12.7 Å². The Labute approximate surface area is 105 Å². The summed E-state index contributed by atoms with van der Waals surface area (Å²) in [6.07, 6.45) is 1.63. The lowest BCUT2D eigenvalue weighted by molar-refractivity contribution is -0.128. The minimum atomic E-state index is 0.226. The topological polar surface area (TPSA) is 48.0 Å². The second-order valence-corrected chi connectivity index (χ2v) is 4.35. The molecule has 5 nitrogen and oxygen atoms in total. The SMILES string of the molecule is O=C1CCCN1CCOc1ccc2c(c1)OCO2. The van der Waals surface area contributed by atoms with Gasteiger partial charge in [-0.05, 0) is 18.6 Å². The van der Waals surface area contributed by atoms with Crippen molar-refractivity contribution in [3.05, 3.63) is 18.2 Å². The van der Waals surface area contributed by atoms with Crippen LogP contribution in [0.5, 0.6) is 17.2 Å². The van der Waals surface area contributed by atoms with Gasteiger partial charge in [0.1, 0.15) is 12.4 Å². The Balaban J connectivity index is 1.52. The van der Waals surface area contributed by atoms with Gasteiger partial charge in [-0.1, -0.05) is 0 Å². The molecule has 1 amide bonds. The molecule has 1 saturated heterocycles. The van der Waals surface area contributed by atoms with Crippen LogP contribution in [0.1, 0.15) is 12.8 Å². The Hall–Kier alpha value is -1.91. The highest BCUT2D eigenvalue weighted by Gasteiger charge is 2.19. The molecule has 96 valence electrons. The fourth-order valence-electron chi connectivity index (χ4n) is 2.18. The summed E-state index contributed by atoms with van der Waals surface area (Å²) in [4.78, 5) is 13.2. The van der Waals surface area contributed by atoms with Gasteiger partial charge in [0, 0.05) is 19.0 Å². The molecule has 0 aromatic heterocycles. The van der Waals surface area contributed by atoms with E-state index in [1.165, 1.54) is 0 Å². The van der Waals surface area contributed by atoms with Crippen molar-refractivity contribution in [1.29, 1.82) is 0 Å². The first-order valence-electron chi connectivity index (χ1n) is 6.13. The molecule has 1 fully saturated rings. The van der Waals surface area contributed by atoms with E-state index in [1.807, 2.05) is 23.1 Å². The number of carbonyl (C=O) groups is 1. The Morgan fingerprint density at radius 3 is 3.00 bits per heavy atom. The normalized spacial score (nSPS) is 17.3. The first kappa shape index (κ1) is 11.2. The van der Waals surface area contributed by atoms with E-state index in [0.717, 1.165) is 24.5 Å². The van der Waals surface area contributed by atoms with Gasteiger partial charge >= 0.3 is 0 Å². The summed E-state index contributed by atoms with van der Waals surface area (Å²) >= 11 is 0. The van der Waals surface area contributed by atoms with Gasteiger partial charge in [-0.3, -0.25) is 4.79 Å². The van der Waals surface area contributed by atoms with Crippen molar-refractivity contribution in [2.75, 3.05) is 26.5 Å². The quantitative estimate of drug-likeness (QED) is 0.809. The van der Waals surface area contributed by atoms with Crippen molar-refractivity contribution in [3.63, 3.8) is 0 Å². The monoisotopic (exact) mass is 249 g/mol. The van der Waals surface area contributed by atoms with Gasteiger partial charge in [0.2, 0.25) is 12.7 Å². The molecule has 0 spiro atoms. The minimum Gasteiger partial charge on any atom is -0.492 e. The zero-order valence-corrected chi connectivity index (χ0v) is 10.1. The number of benzene rings is 1. The molecular formula is C13H15NO4. The molecule has 5 heteroatoms. The highest BCUT2D eigenvalue weighted by molar-refractivity contribution is 5.78. The Kier molecular flexibility index (Phi) is 2.96. The van der Waals surface area contributed by atoms with Crippen LogP contribution in [0, 0.1) is 0 Å². The maximum absolute atomic E-state index is 11.4. The molecule has 1 aromatic carbocycles. The fourth-order valence-corrected chi connectivity index (χ4v) is 2.18. The number of hydrogen-bond acceptors (Lipinski definition) is 4. The number of rotatable bonds is 4. The molecule has 1 aromatic rings. The van der Waals surface area contributed by atoms with Crippen LogP contribution < -0.4 is 14.2 Å². The molecule has 3 rings (SSSR count). The third-order valence-electron chi connectivity index (χ3n) is 3.15. The zero-order chi connectivity index (χ0) is 12.4. The summed E-state index contributed by atoms with van der Waals surface area (Å²) in [5.74, 6) is 2.43. The van der Waals surface area contributed by atoms with E-state index >= 15 is 0 Å². The van der Waals surface area contributed by atoms with Gasteiger partial charge in [-0.25, -0.2) is 0 Å². The van der Waals surface area contributed by atoms with Gasteiger partial charge in [0.25, 0.3) is 0 Å². The lowest BCUT2D eigenvalue weighted by Crippen LogP contribution is -2.29. The largest absolute Gasteiger partial charge is 0.492 e. The van der Waals surface area contributed by atoms with Crippen molar-refractivity contribution < 1.29 is 19.0 Å². The first-order valence-corrected chi connectivity index (χ1v) is 6.13. The molecule has 0 unspecified atom stereocenters. The molecule has 0 saturated carbocycles. The second-order valence-electron chi connectivity index (χ2n) is 4.35. The molecule has 0 aliphatic carbocycles. The van der Waals surface area contributed by atoms with Gasteiger partial charge < -0.3 is 19.1 Å². The zero-order valence-electron chi connectivity index (χ0n) is 10.1. The average molecular weight is 249 g/mol. The van der Waals surface area contributed by atoms with E-state index in [0.29, 0.717) is 25.3 Å². The maximum atomic E-state index is 11.4. The van der Waals surface area contributed by atoms with Crippen molar-refractivity contribution in [2.45, 2.75) is 12.8 Å². The van der Waals surface area contributed by atoms with E-state index < -0.39 is 0 Å². The third kappa shape index (κ3) is 2.20. The molecule has 0 bridgehead atoms. The standard InChI is InChI=1S/C13H15NO4/c15-13-2-1-5-14(13)6-7-16-10-3-4-11-12(8-10)18-9-17-11/h3-4,8H,1-2,5-7,9H2. The molecule has 0 atom stereocenters. The van der Waals surface area contributed by atoms with E-state index in [9.17, 15) is 4.79 Å². The van der Waals surface area contributed by atoms with Gasteiger partial charge in [0.05, 0.1) is 6.54 Å². The molecule has 18 heavy (non-hydrogen) atoms. The molecule has 0 N–H and O–H groups in total. The summed E-state index contributed by atoms with van der Waals surface area (Å²) in [5, 5.41) is 0. The number of hydrogen-bond donors (Lipinski definition) is 0. The first-order chi connectivity index (χ1) is 8.83. The molecular weight excluding hydrogens is 234 g/mol. The van der Waals surface area contributed by atoms with Crippen LogP contribution in [0.25, 0.3) is 0 Å². The fraction of sp³-hybridized carbons (Fsp3) is 0.462. The van der Waals surface area contributed by atoms with Gasteiger partial charge in [-0.2, -0.15) is 0 Å². The molecule has 2 heterocycles. The molecule has 2 aliphatic heterocycles. The summed E-state index contributed by atoms with van der Waals surface area (Å²) in [6, 6.07) is 5.49. The number of ether oxygens (including phenoxy) is 3. The molecule has 0 radical (unpaired) electrons. The minimum absolute atomic E-state index is 0.226. The number of carbonyl (C=O) groups excluding carboxylic acids is 1. The van der Waals surface area contributed by atoms with Crippen LogP contribution in [0.2, 0.25) is 0 Å². The van der Waals surface area contributed by atoms with Crippen molar-refractivity contribution in [2.24, 2.45) is 0 Å². The Morgan fingerprint density at radius 2 is 2.17 bits per heavy atom. The van der Waals surface area contributed by atoms with Crippen LogP contribution in [0.3, 0.4) is 0 Å². The average Bonchev–Trinajstić information content (AvgIpc) is 2.98. The summed E-state index contributed by atoms with van der Waals surface area (Å²) in [5.41, 5.74) is 0. The predicted molar refractivity (Wildman–Crippen MR) is 63.9 cm³/mol. The van der Waals surface area contributed by atoms with E-state index in [1.54, 1.807) is 0 Å². The lowest BCUT2D eigenvalue weighted by Gasteiger charge is -2.15. The van der Waals surface area contributed by atoms with Crippen molar-refractivity contribution >= 4 is 5.91 Å². The van der Waals surface area contributed by atoms with Crippen LogP contribution in [-0.2, 0) is 4.79 Å². The predicted octanol–water partition coefficient (Wildman–Crippen LogP) is 1.42. The smallest absolute Gasteiger partial charge is 0.231 e. The Morgan fingerprint density at radius 1 is 1.28 bits per heavy atom. The van der Waals surface area contributed by atoms with Crippen LogP contribution in [-0.4, -0.2) is 37.3 Å². The van der Waals surface area contributed by atoms with E-state index in [2.05, 4.69) is 0 Å². The summed E-state index contributed by atoms with van der Waals surface area (Å²) < 4.78 is 16.1. The summed E-state index contributed by atoms with van der Waals surface area (Å²) in [7, 11) is 0. The van der Waals surface area contributed by atoms with Crippen LogP contribution >= 0.6 is 0 Å². The van der Waals surface area contributed by atoms with Crippen molar-refractivity contribution in [3.8, 4) is 17.2 Å². The van der Waals surface area contributed by atoms with Crippen molar-refractivity contribution in [1.82, 2.24) is 4.90 Å². The Bertz CT molecular complexity index is 460. The number of amides is 1. The highest BCUT2D eigenvalue weighted by Crippen LogP contribution is 2.35.